The van der Waals surface area contributed by atoms with Gasteiger partial charge in [0.05, 0.1) is 6.20 Å². The van der Waals surface area contributed by atoms with Gasteiger partial charge in [0.2, 0.25) is 5.91 Å². The average molecular weight is 477 g/mol. The molecule has 0 spiro atoms. The predicted octanol–water partition coefficient (Wildman–Crippen LogP) is 3.44. The summed E-state index contributed by atoms with van der Waals surface area (Å²) in [6.07, 6.45) is 1.80. The topological polar surface area (TPSA) is 123 Å². The number of aromatic nitrogens is 2. The predicted molar refractivity (Wildman–Crippen MR) is 129 cm³/mol. The number of amides is 2. The van der Waals surface area contributed by atoms with Crippen molar-refractivity contribution in [3.8, 4) is 11.1 Å². The fourth-order valence-corrected chi connectivity index (χ4v) is 4.53. The number of fused-ring (bicyclic) bond motifs is 3. The van der Waals surface area contributed by atoms with Crippen molar-refractivity contribution in [2.75, 3.05) is 6.61 Å². The van der Waals surface area contributed by atoms with E-state index in [0.29, 0.717) is 18.4 Å². The van der Waals surface area contributed by atoms with Crippen molar-refractivity contribution >= 4 is 18.0 Å². The maximum absolute atomic E-state index is 12.8. The average Bonchev–Trinajstić information content (AvgIpc) is 3.38. The molecule has 0 unspecified atom stereocenters. The maximum Gasteiger partial charge on any atom is 0.407 e. The molecule has 9 heteroatoms. The van der Waals surface area contributed by atoms with Crippen LogP contribution in [-0.4, -0.2) is 45.5 Å². The first-order valence-corrected chi connectivity index (χ1v) is 11.5. The second kappa shape index (κ2) is 10.4. The second-order valence-electron chi connectivity index (χ2n) is 8.48. The minimum atomic E-state index is -1.13. The molecule has 0 saturated carbocycles. The number of nitrogens with one attached hydrogen (secondary N) is 2. The van der Waals surface area contributed by atoms with E-state index in [1.807, 2.05) is 43.3 Å². The van der Waals surface area contributed by atoms with Crippen molar-refractivity contribution in [2.45, 2.75) is 38.3 Å². The van der Waals surface area contributed by atoms with Crippen molar-refractivity contribution in [1.29, 1.82) is 0 Å². The van der Waals surface area contributed by atoms with Gasteiger partial charge >= 0.3 is 12.1 Å². The first-order valence-electron chi connectivity index (χ1n) is 11.5. The fraction of sp³-hybridized carbons (Fsp3) is 0.308. The van der Waals surface area contributed by atoms with Crippen molar-refractivity contribution < 1.29 is 24.2 Å². The quantitative estimate of drug-likeness (QED) is 0.435. The lowest BCUT2D eigenvalue weighted by Crippen LogP contribution is -2.46. The molecule has 0 aliphatic heterocycles. The Morgan fingerprint density at radius 1 is 1.09 bits per heavy atom. The Labute approximate surface area is 203 Å². The van der Waals surface area contributed by atoms with Crippen molar-refractivity contribution in [3.63, 3.8) is 0 Å². The van der Waals surface area contributed by atoms with Crippen LogP contribution in [0.3, 0.4) is 0 Å². The van der Waals surface area contributed by atoms with Gasteiger partial charge in [0.25, 0.3) is 0 Å². The van der Waals surface area contributed by atoms with Gasteiger partial charge in [0.15, 0.2) is 5.69 Å². The van der Waals surface area contributed by atoms with Gasteiger partial charge in [-0.15, -0.1) is 0 Å². The largest absolute Gasteiger partial charge is 0.477 e. The van der Waals surface area contributed by atoms with E-state index in [4.69, 9.17) is 4.74 Å². The molecular formula is C26H28N4O5. The molecule has 1 aliphatic rings. The molecule has 0 saturated heterocycles. The Bertz CT molecular complexity index is 1210. The van der Waals surface area contributed by atoms with Gasteiger partial charge in [-0.05, 0) is 28.7 Å². The summed E-state index contributed by atoms with van der Waals surface area (Å²) in [5, 5.41) is 18.6. The number of hydrogen-bond donors (Lipinski definition) is 3. The highest BCUT2D eigenvalue weighted by atomic mass is 16.5. The van der Waals surface area contributed by atoms with Gasteiger partial charge in [0, 0.05) is 25.1 Å². The van der Waals surface area contributed by atoms with E-state index in [-0.39, 0.29) is 24.8 Å². The Morgan fingerprint density at radius 3 is 2.31 bits per heavy atom. The van der Waals surface area contributed by atoms with Gasteiger partial charge in [0.1, 0.15) is 12.6 Å². The molecule has 3 N–H and O–H groups in total. The van der Waals surface area contributed by atoms with Crippen LogP contribution in [0.1, 0.15) is 52.9 Å². The molecule has 1 heterocycles. The van der Waals surface area contributed by atoms with Gasteiger partial charge in [-0.1, -0.05) is 61.9 Å². The zero-order chi connectivity index (χ0) is 24.9. The summed E-state index contributed by atoms with van der Waals surface area (Å²) in [4.78, 5) is 36.8. The number of carbonyl (C=O) groups excluding carboxylic acids is 2. The van der Waals surface area contributed by atoms with E-state index in [1.54, 1.807) is 0 Å². The lowest BCUT2D eigenvalue weighted by atomic mass is 9.98. The minimum absolute atomic E-state index is 0.00170. The lowest BCUT2D eigenvalue weighted by molar-refractivity contribution is -0.123. The third-order valence-electron chi connectivity index (χ3n) is 6.20. The fourth-order valence-electron chi connectivity index (χ4n) is 4.53. The molecule has 1 aromatic heterocycles. The Morgan fingerprint density at radius 2 is 1.71 bits per heavy atom. The smallest absolute Gasteiger partial charge is 0.407 e. The van der Waals surface area contributed by atoms with Gasteiger partial charge in [-0.25, -0.2) is 9.59 Å². The van der Waals surface area contributed by atoms with Crippen molar-refractivity contribution in [1.82, 2.24) is 20.4 Å². The highest BCUT2D eigenvalue weighted by Crippen LogP contribution is 2.44. The monoisotopic (exact) mass is 476 g/mol. The van der Waals surface area contributed by atoms with E-state index < -0.39 is 24.0 Å². The number of benzene rings is 2. The van der Waals surface area contributed by atoms with E-state index in [2.05, 4.69) is 27.9 Å². The molecule has 0 bridgehead atoms. The van der Waals surface area contributed by atoms with E-state index in [1.165, 1.54) is 17.9 Å². The molecule has 1 aliphatic carbocycles. The summed E-state index contributed by atoms with van der Waals surface area (Å²) < 4.78 is 6.80. The van der Waals surface area contributed by atoms with E-state index in [9.17, 15) is 19.5 Å². The van der Waals surface area contributed by atoms with E-state index >= 15 is 0 Å². The molecule has 2 amide bonds. The summed E-state index contributed by atoms with van der Waals surface area (Å²) in [5.41, 5.74) is 4.87. The third-order valence-corrected chi connectivity index (χ3v) is 6.20. The minimum Gasteiger partial charge on any atom is -0.477 e. The van der Waals surface area contributed by atoms with Gasteiger partial charge < -0.3 is 20.5 Å². The molecule has 0 radical (unpaired) electrons. The summed E-state index contributed by atoms with van der Waals surface area (Å²) in [6.45, 7) is 2.04. The molecule has 1 atom stereocenters. The summed E-state index contributed by atoms with van der Waals surface area (Å²) in [7, 11) is 1.52. The zero-order valence-electron chi connectivity index (χ0n) is 19.7. The van der Waals surface area contributed by atoms with Crippen LogP contribution in [0.5, 0.6) is 0 Å². The molecule has 9 nitrogen and oxygen atoms in total. The lowest BCUT2D eigenvalue weighted by Gasteiger charge is -2.19. The van der Waals surface area contributed by atoms with E-state index in [0.717, 1.165) is 22.3 Å². The molecule has 0 fully saturated rings. The van der Waals surface area contributed by atoms with Crippen LogP contribution < -0.4 is 10.6 Å². The molecule has 4 rings (SSSR count). The number of aryl methyl sites for hydroxylation is 1. The van der Waals surface area contributed by atoms with Crippen LogP contribution in [0, 0.1) is 0 Å². The number of alkyl carbamates (subject to hydrolysis) is 1. The number of hydrogen-bond acceptors (Lipinski definition) is 5. The number of carboxylic acid groups (broad SMARTS) is 1. The Hall–Kier alpha value is -4.14. The molecule has 3 aromatic rings. The summed E-state index contributed by atoms with van der Waals surface area (Å²) >= 11 is 0. The first-order chi connectivity index (χ1) is 16.9. The molecular weight excluding hydrogens is 448 g/mol. The van der Waals surface area contributed by atoms with Crippen LogP contribution in [0.15, 0.2) is 54.7 Å². The van der Waals surface area contributed by atoms with Crippen molar-refractivity contribution in [2.24, 2.45) is 7.05 Å². The number of carbonyl (C=O) groups is 3. The zero-order valence-corrected chi connectivity index (χ0v) is 19.7. The van der Waals surface area contributed by atoms with Crippen LogP contribution >= 0.6 is 0 Å². The highest BCUT2D eigenvalue weighted by molar-refractivity contribution is 5.88. The molecule has 2 aromatic carbocycles. The number of rotatable bonds is 9. The second-order valence-corrected chi connectivity index (χ2v) is 8.48. The SMILES string of the molecule is CCC[C@@H](NC(=O)OCC1c2ccccc2-c2ccccc21)C(=O)NCc1cnn(C)c1C(=O)O. The molecule has 182 valence electrons. The van der Waals surface area contributed by atoms with Gasteiger partial charge in [-0.3, -0.25) is 9.48 Å². The first kappa shape index (κ1) is 24.0. The Balaban J connectivity index is 1.37. The molecule has 35 heavy (non-hydrogen) atoms. The highest BCUT2D eigenvalue weighted by Gasteiger charge is 2.29. The van der Waals surface area contributed by atoms with Gasteiger partial charge in [-0.2, -0.15) is 5.10 Å². The Kier molecular flexibility index (Phi) is 7.14. The number of aromatic carboxylic acids is 1. The van der Waals surface area contributed by atoms with Crippen LogP contribution in [0.4, 0.5) is 4.79 Å². The van der Waals surface area contributed by atoms with Crippen LogP contribution in [-0.2, 0) is 23.1 Å². The number of nitrogens with zero attached hydrogens (tertiary/aromatic N) is 2. The van der Waals surface area contributed by atoms with Crippen molar-refractivity contribution in [3.05, 3.63) is 77.1 Å². The summed E-state index contributed by atoms with van der Waals surface area (Å²) in [6, 6.07) is 15.3. The summed E-state index contributed by atoms with van der Waals surface area (Å²) in [5.74, 6) is -1.62. The standard InChI is InChI=1S/C26H28N4O5/c1-3-8-22(24(31)27-13-16-14-28-30(2)23(16)25(32)33)29-26(34)35-15-21-19-11-6-4-9-17(19)18-10-5-7-12-20(18)21/h4-7,9-12,14,21-22H,3,8,13,15H2,1-2H3,(H,27,31)(H,29,34)(H,32,33)/t22-/m1/s1. The number of carboxylic acids is 1. The van der Waals surface area contributed by atoms with Crippen LogP contribution in [0.25, 0.3) is 11.1 Å². The third kappa shape index (κ3) is 5.03. The number of ether oxygens (including phenoxy) is 1. The normalized spacial score (nSPS) is 13.0. The maximum atomic E-state index is 12.8. The van der Waals surface area contributed by atoms with Crippen LogP contribution in [0.2, 0.25) is 0 Å².